The molecule has 2 aromatic rings. The molecule has 2 rings (SSSR count). The minimum absolute atomic E-state index is 0.0169. The molecule has 0 aromatic heterocycles. The van der Waals surface area contributed by atoms with E-state index < -0.39 is 65.0 Å². The summed E-state index contributed by atoms with van der Waals surface area (Å²) in [6.45, 7) is 10.1. The highest BCUT2D eigenvalue weighted by Crippen LogP contribution is 2.14. The number of alkyl carbamates (subject to hydrolysis) is 2. The van der Waals surface area contributed by atoms with Gasteiger partial charge in [0.2, 0.25) is 5.91 Å². The van der Waals surface area contributed by atoms with Crippen molar-refractivity contribution in [3.63, 3.8) is 0 Å². The van der Waals surface area contributed by atoms with Crippen LogP contribution in [0.5, 0.6) is 0 Å². The maximum absolute atomic E-state index is 14.3. The predicted octanol–water partition coefficient (Wildman–Crippen LogP) is 3.91. The summed E-state index contributed by atoms with van der Waals surface area (Å²) >= 11 is 0. The Balaban J connectivity index is 1.91. The summed E-state index contributed by atoms with van der Waals surface area (Å²) in [7, 11) is 0. The second-order valence-electron chi connectivity index (χ2n) is 12.9. The van der Waals surface area contributed by atoms with E-state index >= 15 is 0 Å². The second kappa shape index (κ2) is 17.4. The standard InChI is InChI=1S/C33H46F2N4O7/c1-32(2,3)45-30(43)38-24(19-22-18-23(34)14-15-25(22)35)20-37-27(40)13-10-16-36-29(42)28(41)26(17-21-11-8-7-9-12-21)39-31(44)46-33(4,5)6/h7-9,11-12,14-15,18,24,26,28,41H,10,13,16-17,19-20H2,1-6H3,(H,36,42)(H,37,40)(H,38,43)(H,39,44)/t24?,26-,28+/m1/s1. The van der Waals surface area contributed by atoms with Crippen molar-refractivity contribution in [1.82, 2.24) is 21.3 Å². The molecule has 0 spiro atoms. The van der Waals surface area contributed by atoms with Crippen LogP contribution in [0.15, 0.2) is 48.5 Å². The first-order valence-corrected chi connectivity index (χ1v) is 15.1. The number of amides is 4. The van der Waals surface area contributed by atoms with Crippen molar-refractivity contribution in [3.8, 4) is 0 Å². The molecule has 0 saturated heterocycles. The molecule has 0 radical (unpaired) electrons. The van der Waals surface area contributed by atoms with Gasteiger partial charge in [0.1, 0.15) is 22.8 Å². The van der Waals surface area contributed by atoms with E-state index in [0.717, 1.165) is 23.8 Å². The minimum Gasteiger partial charge on any atom is -0.444 e. The summed E-state index contributed by atoms with van der Waals surface area (Å²) in [5, 5.41) is 21.2. The molecule has 254 valence electrons. The van der Waals surface area contributed by atoms with Gasteiger partial charge in [-0.1, -0.05) is 30.3 Å². The molecule has 0 heterocycles. The number of aliphatic hydroxyl groups excluding tert-OH is 1. The zero-order chi connectivity index (χ0) is 34.5. The van der Waals surface area contributed by atoms with Crippen LogP contribution in [0.1, 0.15) is 65.5 Å². The van der Waals surface area contributed by atoms with Gasteiger partial charge in [0, 0.05) is 19.5 Å². The van der Waals surface area contributed by atoms with Gasteiger partial charge in [-0.3, -0.25) is 9.59 Å². The van der Waals surface area contributed by atoms with Crippen LogP contribution in [0, 0.1) is 11.6 Å². The van der Waals surface area contributed by atoms with Gasteiger partial charge in [0.05, 0.1) is 12.1 Å². The zero-order valence-corrected chi connectivity index (χ0v) is 27.2. The molecule has 3 atom stereocenters. The molecule has 0 aliphatic carbocycles. The van der Waals surface area contributed by atoms with Crippen molar-refractivity contribution in [2.24, 2.45) is 0 Å². The number of hydrogen-bond acceptors (Lipinski definition) is 7. The van der Waals surface area contributed by atoms with Gasteiger partial charge in [-0.05, 0) is 90.1 Å². The third kappa shape index (κ3) is 15.2. The topological polar surface area (TPSA) is 155 Å². The molecule has 0 saturated carbocycles. The number of benzene rings is 2. The Morgan fingerprint density at radius 1 is 0.826 bits per heavy atom. The third-order valence-electron chi connectivity index (χ3n) is 6.27. The van der Waals surface area contributed by atoms with Crippen molar-refractivity contribution in [3.05, 3.63) is 71.3 Å². The Morgan fingerprint density at radius 2 is 1.43 bits per heavy atom. The van der Waals surface area contributed by atoms with Crippen molar-refractivity contribution >= 4 is 24.0 Å². The van der Waals surface area contributed by atoms with Crippen LogP contribution in [-0.2, 0) is 31.9 Å². The monoisotopic (exact) mass is 648 g/mol. The lowest BCUT2D eigenvalue weighted by molar-refractivity contribution is -0.131. The number of carbonyl (C=O) groups is 4. The van der Waals surface area contributed by atoms with Crippen molar-refractivity contribution in [2.45, 2.75) is 96.6 Å². The molecule has 11 nitrogen and oxygen atoms in total. The molecule has 0 bridgehead atoms. The lowest BCUT2D eigenvalue weighted by atomic mass is 10.0. The lowest BCUT2D eigenvalue weighted by Crippen LogP contribution is -2.52. The highest BCUT2D eigenvalue weighted by atomic mass is 19.1. The van der Waals surface area contributed by atoms with Crippen LogP contribution in [0.2, 0.25) is 0 Å². The molecule has 4 amide bonds. The second-order valence-corrected chi connectivity index (χ2v) is 12.9. The van der Waals surface area contributed by atoms with Gasteiger partial charge in [-0.15, -0.1) is 0 Å². The first-order valence-electron chi connectivity index (χ1n) is 15.1. The summed E-state index contributed by atoms with van der Waals surface area (Å²) in [5.74, 6) is -2.46. The van der Waals surface area contributed by atoms with Gasteiger partial charge in [0.25, 0.3) is 5.91 Å². The van der Waals surface area contributed by atoms with E-state index in [9.17, 15) is 33.1 Å². The molecule has 1 unspecified atom stereocenters. The fourth-order valence-electron chi connectivity index (χ4n) is 4.26. The van der Waals surface area contributed by atoms with Crippen LogP contribution in [-0.4, -0.2) is 71.6 Å². The Kier molecular flexibility index (Phi) is 14.4. The smallest absolute Gasteiger partial charge is 0.407 e. The molecule has 0 aliphatic rings. The van der Waals surface area contributed by atoms with Gasteiger partial charge >= 0.3 is 12.2 Å². The van der Waals surface area contributed by atoms with Crippen molar-refractivity contribution in [1.29, 1.82) is 0 Å². The lowest BCUT2D eigenvalue weighted by Gasteiger charge is -2.26. The number of carbonyl (C=O) groups excluding carboxylic acids is 4. The molecule has 46 heavy (non-hydrogen) atoms. The summed E-state index contributed by atoms with van der Waals surface area (Å²) in [6, 6.07) is 10.2. The third-order valence-corrected chi connectivity index (χ3v) is 6.27. The average Bonchev–Trinajstić information content (AvgIpc) is 2.93. The Labute approximate surface area is 268 Å². The summed E-state index contributed by atoms with van der Waals surface area (Å²) in [5.41, 5.74) is -0.778. The van der Waals surface area contributed by atoms with Gasteiger partial charge < -0.3 is 35.8 Å². The van der Waals surface area contributed by atoms with E-state index in [1.54, 1.807) is 65.8 Å². The maximum atomic E-state index is 14.3. The van der Waals surface area contributed by atoms with E-state index in [1.165, 1.54) is 0 Å². The highest BCUT2D eigenvalue weighted by molar-refractivity contribution is 5.82. The molecular formula is C33H46F2N4O7. The number of hydrogen-bond donors (Lipinski definition) is 5. The van der Waals surface area contributed by atoms with Crippen LogP contribution in [0.4, 0.5) is 18.4 Å². The fourth-order valence-corrected chi connectivity index (χ4v) is 4.26. The van der Waals surface area contributed by atoms with E-state index in [-0.39, 0.29) is 44.3 Å². The minimum atomic E-state index is -1.61. The number of halogens is 2. The Hall–Kier alpha value is -4.26. The molecule has 0 fully saturated rings. The predicted molar refractivity (Wildman–Crippen MR) is 168 cm³/mol. The van der Waals surface area contributed by atoms with Crippen molar-refractivity contribution in [2.75, 3.05) is 13.1 Å². The van der Waals surface area contributed by atoms with E-state index in [1.807, 2.05) is 6.07 Å². The van der Waals surface area contributed by atoms with Gasteiger partial charge in [0.15, 0.2) is 6.10 Å². The van der Waals surface area contributed by atoms with Crippen LogP contribution in [0.3, 0.4) is 0 Å². The first-order chi connectivity index (χ1) is 21.4. The number of ether oxygens (including phenoxy) is 2. The Bertz CT molecular complexity index is 1310. The van der Waals surface area contributed by atoms with Crippen LogP contribution in [0.25, 0.3) is 0 Å². The molecule has 13 heteroatoms. The number of rotatable bonds is 14. The maximum Gasteiger partial charge on any atom is 0.407 e. The normalized spacial score (nSPS) is 13.5. The summed E-state index contributed by atoms with van der Waals surface area (Å²) in [4.78, 5) is 50.1. The van der Waals surface area contributed by atoms with Crippen LogP contribution >= 0.6 is 0 Å². The van der Waals surface area contributed by atoms with E-state index in [0.29, 0.717) is 0 Å². The van der Waals surface area contributed by atoms with E-state index in [2.05, 4.69) is 21.3 Å². The number of nitrogens with one attached hydrogen (secondary N) is 4. The summed E-state index contributed by atoms with van der Waals surface area (Å²) in [6.07, 6.45) is -2.94. The quantitative estimate of drug-likeness (QED) is 0.195. The highest BCUT2D eigenvalue weighted by Gasteiger charge is 2.30. The molecule has 0 aliphatic heterocycles. The number of aliphatic hydroxyl groups is 1. The molecule has 2 aromatic carbocycles. The van der Waals surface area contributed by atoms with Gasteiger partial charge in [-0.25, -0.2) is 18.4 Å². The molecule has 5 N–H and O–H groups in total. The summed E-state index contributed by atoms with van der Waals surface area (Å²) < 4.78 is 38.5. The average molecular weight is 649 g/mol. The molecular weight excluding hydrogens is 602 g/mol. The Morgan fingerprint density at radius 3 is 2.04 bits per heavy atom. The van der Waals surface area contributed by atoms with Crippen LogP contribution < -0.4 is 21.3 Å². The van der Waals surface area contributed by atoms with Crippen molar-refractivity contribution < 1.29 is 42.5 Å². The van der Waals surface area contributed by atoms with E-state index in [4.69, 9.17) is 9.47 Å². The largest absolute Gasteiger partial charge is 0.444 e. The zero-order valence-electron chi connectivity index (χ0n) is 27.2. The SMILES string of the molecule is CC(C)(C)OC(=O)NC(CNC(=O)CCCNC(=O)[C@@H](O)[C@@H](Cc1ccccc1)NC(=O)OC(C)(C)C)Cc1cc(F)ccc1F. The fraction of sp³-hybridized carbons (Fsp3) is 0.515. The first kappa shape index (κ1) is 37.9. The van der Waals surface area contributed by atoms with Gasteiger partial charge in [-0.2, -0.15) is 0 Å².